The van der Waals surface area contributed by atoms with Gasteiger partial charge in [-0.2, -0.15) is 5.26 Å². The molecule has 1 rings (SSSR count). The van der Waals surface area contributed by atoms with Crippen molar-refractivity contribution in [2.45, 2.75) is 0 Å². The highest BCUT2D eigenvalue weighted by atomic mass is 16.4. The van der Waals surface area contributed by atoms with Crippen LogP contribution in [0.2, 0.25) is 0 Å². The summed E-state index contributed by atoms with van der Waals surface area (Å²) in [5, 5.41) is 16.8. The maximum atomic E-state index is 10.5. The van der Waals surface area contributed by atoms with E-state index in [1.807, 2.05) is 0 Å². The zero-order valence-corrected chi connectivity index (χ0v) is 6.98. The molecule has 14 heavy (non-hydrogen) atoms. The molecule has 0 amide bonds. The van der Waals surface area contributed by atoms with E-state index in [-0.39, 0.29) is 11.4 Å². The third-order valence-corrected chi connectivity index (χ3v) is 1.38. The van der Waals surface area contributed by atoms with Crippen molar-refractivity contribution < 1.29 is 9.90 Å². The van der Waals surface area contributed by atoms with Crippen molar-refractivity contribution >= 4 is 11.7 Å². The second-order valence-corrected chi connectivity index (χ2v) is 2.33. The Kier molecular flexibility index (Phi) is 2.68. The van der Waals surface area contributed by atoms with Crippen LogP contribution in [-0.2, 0) is 0 Å². The summed E-state index contributed by atoms with van der Waals surface area (Å²) in [5.41, 5.74) is 5.63. The lowest BCUT2D eigenvalue weighted by Gasteiger charge is -1.98. The number of nitriles is 1. The molecule has 0 saturated carbocycles. The van der Waals surface area contributed by atoms with Crippen LogP contribution in [-0.4, -0.2) is 16.1 Å². The summed E-state index contributed by atoms with van der Waals surface area (Å²) in [6.07, 6.45) is 1.25. The molecule has 0 aliphatic carbocycles. The fraction of sp³-hybridized carbons (Fsp3) is 0. The Morgan fingerprint density at radius 2 is 2.36 bits per heavy atom. The first kappa shape index (κ1) is 9.56. The van der Waals surface area contributed by atoms with Crippen LogP contribution in [0.4, 0.5) is 5.69 Å². The van der Waals surface area contributed by atoms with Crippen molar-refractivity contribution in [3.63, 3.8) is 0 Å². The summed E-state index contributed by atoms with van der Waals surface area (Å²) < 4.78 is 0. The zero-order valence-electron chi connectivity index (χ0n) is 6.98. The van der Waals surface area contributed by atoms with E-state index in [4.69, 9.17) is 16.1 Å². The average molecular weight is 187 g/mol. The van der Waals surface area contributed by atoms with Gasteiger partial charge in [0.25, 0.3) is 0 Å². The van der Waals surface area contributed by atoms with Crippen molar-refractivity contribution in [2.24, 2.45) is 0 Å². The predicted molar refractivity (Wildman–Crippen MR) is 48.1 cm³/mol. The minimum absolute atomic E-state index is 0.0299. The Morgan fingerprint density at radius 3 is 2.86 bits per heavy atom. The minimum atomic E-state index is -1.19. The number of nitrogens with zero attached hydrogens (tertiary/aromatic N) is 2. The number of hydrogen-bond acceptors (Lipinski definition) is 4. The van der Waals surface area contributed by atoms with Gasteiger partial charge in [-0.25, -0.2) is 9.78 Å². The SMILES string of the molecule is N#CC#Cc1cnc(C(=O)O)c(N)c1. The summed E-state index contributed by atoms with van der Waals surface area (Å²) in [6, 6.07) is 2.99. The maximum Gasteiger partial charge on any atom is 0.356 e. The topological polar surface area (TPSA) is 100 Å². The Labute approximate surface area is 79.8 Å². The molecule has 0 radical (unpaired) electrons. The van der Waals surface area contributed by atoms with E-state index in [1.165, 1.54) is 12.3 Å². The van der Waals surface area contributed by atoms with Crippen LogP contribution < -0.4 is 5.73 Å². The highest BCUT2D eigenvalue weighted by molar-refractivity contribution is 5.91. The molecule has 0 aliphatic rings. The van der Waals surface area contributed by atoms with Gasteiger partial charge in [0.1, 0.15) is 0 Å². The first-order valence-electron chi connectivity index (χ1n) is 3.54. The normalized spacial score (nSPS) is 8.21. The molecule has 0 saturated heterocycles. The van der Waals surface area contributed by atoms with Gasteiger partial charge in [0.2, 0.25) is 0 Å². The second kappa shape index (κ2) is 3.92. The second-order valence-electron chi connectivity index (χ2n) is 2.33. The number of rotatable bonds is 1. The number of anilines is 1. The number of carboxylic acid groups (broad SMARTS) is 1. The molecule has 0 aromatic carbocycles. The molecule has 68 valence electrons. The summed E-state index contributed by atoms with van der Waals surface area (Å²) >= 11 is 0. The third-order valence-electron chi connectivity index (χ3n) is 1.38. The fourth-order valence-electron chi connectivity index (χ4n) is 0.829. The van der Waals surface area contributed by atoms with Crippen molar-refractivity contribution in [3.05, 3.63) is 23.5 Å². The molecule has 1 aromatic rings. The van der Waals surface area contributed by atoms with Crippen molar-refractivity contribution in [2.75, 3.05) is 5.73 Å². The Hall–Kier alpha value is -2.53. The maximum absolute atomic E-state index is 10.5. The number of carboxylic acids is 1. The van der Waals surface area contributed by atoms with Crippen LogP contribution in [0.15, 0.2) is 12.3 Å². The Balaban J connectivity index is 3.14. The smallest absolute Gasteiger partial charge is 0.356 e. The molecule has 1 aromatic heterocycles. The summed E-state index contributed by atoms with van der Waals surface area (Å²) in [4.78, 5) is 14.1. The molecule has 0 fully saturated rings. The van der Waals surface area contributed by atoms with Gasteiger partial charge in [0, 0.05) is 17.7 Å². The third kappa shape index (κ3) is 1.99. The molecule has 0 aliphatic heterocycles. The van der Waals surface area contributed by atoms with Gasteiger partial charge in [0.05, 0.1) is 5.69 Å². The van der Waals surface area contributed by atoms with Crippen LogP contribution in [0.1, 0.15) is 16.1 Å². The van der Waals surface area contributed by atoms with Crippen molar-refractivity contribution in [1.82, 2.24) is 4.98 Å². The lowest BCUT2D eigenvalue weighted by atomic mass is 10.2. The van der Waals surface area contributed by atoms with Crippen LogP contribution in [0, 0.1) is 23.2 Å². The van der Waals surface area contributed by atoms with E-state index in [0.29, 0.717) is 5.56 Å². The number of pyridine rings is 1. The Bertz CT molecular complexity index is 477. The largest absolute Gasteiger partial charge is 0.476 e. The van der Waals surface area contributed by atoms with Gasteiger partial charge in [-0.1, -0.05) is 0 Å². The lowest BCUT2D eigenvalue weighted by Crippen LogP contribution is -2.05. The number of nitrogens with two attached hydrogens (primary N) is 1. The van der Waals surface area contributed by atoms with Gasteiger partial charge in [-0.3, -0.25) is 0 Å². The molecular formula is C9H5N3O2. The number of aromatic carboxylic acids is 1. The summed E-state index contributed by atoms with van der Waals surface area (Å²) in [5.74, 6) is 3.42. The highest BCUT2D eigenvalue weighted by Gasteiger charge is 2.08. The molecule has 0 bridgehead atoms. The van der Waals surface area contributed by atoms with Crippen LogP contribution in [0.5, 0.6) is 0 Å². The van der Waals surface area contributed by atoms with Crippen LogP contribution >= 0.6 is 0 Å². The van der Waals surface area contributed by atoms with E-state index in [2.05, 4.69) is 16.8 Å². The molecule has 0 unspecified atom stereocenters. The fourth-order valence-corrected chi connectivity index (χ4v) is 0.829. The van der Waals surface area contributed by atoms with E-state index in [1.54, 1.807) is 6.07 Å². The number of carbonyl (C=O) groups is 1. The van der Waals surface area contributed by atoms with E-state index in [9.17, 15) is 4.79 Å². The minimum Gasteiger partial charge on any atom is -0.476 e. The van der Waals surface area contributed by atoms with Gasteiger partial charge in [-0.05, 0) is 12.0 Å². The molecule has 1 heterocycles. The molecule has 0 spiro atoms. The zero-order chi connectivity index (χ0) is 10.6. The molecular weight excluding hydrogens is 182 g/mol. The van der Waals surface area contributed by atoms with E-state index in [0.717, 1.165) is 0 Å². The molecule has 5 heteroatoms. The van der Waals surface area contributed by atoms with Gasteiger partial charge < -0.3 is 10.8 Å². The van der Waals surface area contributed by atoms with Crippen LogP contribution in [0.3, 0.4) is 0 Å². The lowest BCUT2D eigenvalue weighted by molar-refractivity contribution is 0.0692. The number of hydrogen-bond donors (Lipinski definition) is 2. The molecule has 5 nitrogen and oxygen atoms in total. The number of aromatic nitrogens is 1. The van der Waals surface area contributed by atoms with Crippen LogP contribution in [0.25, 0.3) is 0 Å². The first-order valence-corrected chi connectivity index (χ1v) is 3.54. The summed E-state index contributed by atoms with van der Waals surface area (Å²) in [7, 11) is 0. The Morgan fingerprint density at radius 1 is 1.64 bits per heavy atom. The van der Waals surface area contributed by atoms with E-state index < -0.39 is 5.97 Å². The highest BCUT2D eigenvalue weighted by Crippen LogP contribution is 2.09. The molecule has 0 atom stereocenters. The molecule has 3 N–H and O–H groups in total. The van der Waals surface area contributed by atoms with Gasteiger partial charge in [0.15, 0.2) is 11.8 Å². The monoisotopic (exact) mass is 187 g/mol. The predicted octanol–water partition coefficient (Wildman–Crippen LogP) is 0.237. The van der Waals surface area contributed by atoms with Crippen molar-refractivity contribution in [3.8, 4) is 17.9 Å². The van der Waals surface area contributed by atoms with Crippen molar-refractivity contribution in [1.29, 1.82) is 5.26 Å². The summed E-state index contributed by atoms with van der Waals surface area (Å²) in [6.45, 7) is 0. The average Bonchev–Trinajstić information content (AvgIpc) is 2.14. The number of nitrogen functional groups attached to an aromatic ring is 1. The van der Waals surface area contributed by atoms with Gasteiger partial charge >= 0.3 is 5.97 Å². The standard InChI is InChI=1S/C9H5N3O2/c10-3-1-2-6-4-7(11)8(9(13)14)12-5-6/h4-5H,11H2,(H,13,14). The van der Waals surface area contributed by atoms with E-state index >= 15 is 0 Å². The van der Waals surface area contributed by atoms with Gasteiger partial charge in [-0.15, -0.1) is 0 Å². The first-order chi connectivity index (χ1) is 6.65. The quantitative estimate of drug-likeness (QED) is 0.613.